The topological polar surface area (TPSA) is 29.0 Å². The second-order valence-corrected chi connectivity index (χ2v) is 5.20. The second-order valence-electron chi connectivity index (χ2n) is 3.73. The number of hydrogen-bond donors (Lipinski definition) is 0. The van der Waals surface area contributed by atoms with Crippen LogP contribution in [-0.2, 0) is 13.0 Å². The zero-order valence-electron chi connectivity index (χ0n) is 8.63. The highest BCUT2D eigenvalue weighted by Crippen LogP contribution is 2.25. The lowest BCUT2D eigenvalue weighted by Crippen LogP contribution is -2.32. The maximum absolute atomic E-state index is 4.42. The number of nitrogens with zero attached hydrogens (tertiary/aromatic N) is 3. The Hall–Kier alpha value is -0.0000000000000000555. The van der Waals surface area contributed by atoms with Crippen LogP contribution in [-0.4, -0.2) is 28.0 Å². The molecule has 1 aliphatic heterocycles. The molecule has 2 heterocycles. The smallest absolute Gasteiger partial charge is 0.197 e. The lowest BCUT2D eigenvalue weighted by atomic mass is 10.1. The molecular formula is C10H13Br2N3. The van der Waals surface area contributed by atoms with Crippen LogP contribution < -0.4 is 0 Å². The van der Waals surface area contributed by atoms with Crippen molar-refractivity contribution in [2.75, 3.05) is 13.1 Å². The second kappa shape index (κ2) is 4.89. The van der Waals surface area contributed by atoms with Gasteiger partial charge in [0, 0.05) is 25.1 Å². The highest BCUT2D eigenvalue weighted by molar-refractivity contribution is 9.11. The molecule has 0 fully saturated rings. The van der Waals surface area contributed by atoms with E-state index in [9.17, 15) is 0 Å². The molecule has 2 rings (SSSR count). The molecule has 1 aliphatic rings. The van der Waals surface area contributed by atoms with Crippen molar-refractivity contribution in [2.24, 2.45) is 0 Å². The van der Waals surface area contributed by atoms with Crippen LogP contribution in [0.1, 0.15) is 24.6 Å². The molecule has 82 valence electrons. The van der Waals surface area contributed by atoms with E-state index in [0.717, 1.165) is 30.7 Å². The normalized spacial score (nSPS) is 16.5. The third kappa shape index (κ3) is 2.57. The quantitative estimate of drug-likeness (QED) is 0.615. The molecule has 0 radical (unpaired) electrons. The minimum atomic E-state index is 0.678. The van der Waals surface area contributed by atoms with Crippen LogP contribution in [0.25, 0.3) is 0 Å². The van der Waals surface area contributed by atoms with Crippen molar-refractivity contribution >= 4 is 31.9 Å². The summed E-state index contributed by atoms with van der Waals surface area (Å²) in [6, 6.07) is 0. The molecule has 1 aromatic heterocycles. The highest BCUT2D eigenvalue weighted by Gasteiger charge is 2.20. The van der Waals surface area contributed by atoms with Crippen molar-refractivity contribution in [3.05, 3.63) is 20.6 Å². The van der Waals surface area contributed by atoms with Crippen molar-refractivity contribution in [1.29, 1.82) is 0 Å². The molecule has 0 saturated carbocycles. The van der Waals surface area contributed by atoms with Crippen molar-refractivity contribution in [2.45, 2.75) is 26.3 Å². The number of hydrogen-bond acceptors (Lipinski definition) is 3. The minimum Gasteiger partial charge on any atom is -0.299 e. The summed E-state index contributed by atoms with van der Waals surface area (Å²) in [4.78, 5) is 11.1. The number of rotatable bonds is 2. The largest absolute Gasteiger partial charge is 0.299 e. The van der Waals surface area contributed by atoms with Crippen LogP contribution in [0.15, 0.2) is 9.34 Å². The molecule has 0 saturated heterocycles. The van der Waals surface area contributed by atoms with E-state index in [1.54, 1.807) is 0 Å². The van der Waals surface area contributed by atoms with Crippen LogP contribution in [0, 0.1) is 0 Å². The molecule has 0 N–H and O–H groups in total. The SMILES string of the molecule is CCCN1CCc2nc(Br)nc(Br)c2C1. The Bertz CT molecular complexity index is 368. The van der Waals surface area contributed by atoms with Crippen LogP contribution in [0.4, 0.5) is 0 Å². The van der Waals surface area contributed by atoms with Crippen molar-refractivity contribution in [3.63, 3.8) is 0 Å². The van der Waals surface area contributed by atoms with Crippen LogP contribution in [0.2, 0.25) is 0 Å². The lowest BCUT2D eigenvalue weighted by Gasteiger charge is -2.28. The van der Waals surface area contributed by atoms with Gasteiger partial charge in [0.25, 0.3) is 0 Å². The van der Waals surface area contributed by atoms with E-state index in [0.29, 0.717) is 4.73 Å². The predicted octanol–water partition coefficient (Wildman–Crippen LogP) is 2.77. The zero-order chi connectivity index (χ0) is 10.8. The Morgan fingerprint density at radius 1 is 1.33 bits per heavy atom. The standard InChI is InChI=1S/C10H13Br2N3/c1-2-4-15-5-3-8-7(6-15)9(11)14-10(12)13-8/h2-6H2,1H3. The average molecular weight is 335 g/mol. The van der Waals surface area contributed by atoms with Gasteiger partial charge in [-0.25, -0.2) is 9.97 Å². The van der Waals surface area contributed by atoms with Crippen LogP contribution >= 0.6 is 31.9 Å². The Kier molecular flexibility index (Phi) is 3.74. The van der Waals surface area contributed by atoms with Gasteiger partial charge < -0.3 is 0 Å². The third-order valence-corrected chi connectivity index (χ3v) is 3.61. The number of aromatic nitrogens is 2. The van der Waals surface area contributed by atoms with Gasteiger partial charge in [-0.15, -0.1) is 0 Å². The fourth-order valence-corrected chi connectivity index (χ4v) is 3.06. The summed E-state index contributed by atoms with van der Waals surface area (Å²) in [5, 5.41) is 0. The maximum Gasteiger partial charge on any atom is 0.197 e. The Balaban J connectivity index is 2.25. The van der Waals surface area contributed by atoms with Gasteiger partial charge in [-0.2, -0.15) is 0 Å². The molecule has 3 nitrogen and oxygen atoms in total. The van der Waals surface area contributed by atoms with Gasteiger partial charge in [-0.3, -0.25) is 4.90 Å². The van der Waals surface area contributed by atoms with Crippen molar-refractivity contribution in [1.82, 2.24) is 14.9 Å². The lowest BCUT2D eigenvalue weighted by molar-refractivity contribution is 0.251. The summed E-state index contributed by atoms with van der Waals surface area (Å²) >= 11 is 6.82. The summed E-state index contributed by atoms with van der Waals surface area (Å²) < 4.78 is 1.61. The monoisotopic (exact) mass is 333 g/mol. The molecule has 0 spiro atoms. The first-order valence-electron chi connectivity index (χ1n) is 5.14. The summed E-state index contributed by atoms with van der Waals surface area (Å²) in [6.45, 7) is 5.44. The molecular weight excluding hydrogens is 322 g/mol. The third-order valence-electron chi connectivity index (χ3n) is 2.60. The summed E-state index contributed by atoms with van der Waals surface area (Å²) in [5.41, 5.74) is 2.43. The van der Waals surface area contributed by atoms with Gasteiger partial charge in [-0.1, -0.05) is 6.92 Å². The first kappa shape index (κ1) is 11.5. The van der Waals surface area contributed by atoms with E-state index in [1.165, 1.54) is 17.7 Å². The zero-order valence-corrected chi connectivity index (χ0v) is 11.8. The molecule has 0 amide bonds. The molecule has 0 bridgehead atoms. The first-order chi connectivity index (χ1) is 7.20. The Morgan fingerprint density at radius 3 is 2.87 bits per heavy atom. The van der Waals surface area contributed by atoms with Gasteiger partial charge in [-0.05, 0) is 44.8 Å². The van der Waals surface area contributed by atoms with E-state index < -0.39 is 0 Å². The maximum atomic E-state index is 4.42. The molecule has 5 heteroatoms. The van der Waals surface area contributed by atoms with E-state index in [4.69, 9.17) is 0 Å². The summed E-state index contributed by atoms with van der Waals surface area (Å²) in [5.74, 6) is 0. The Labute approximate surface area is 107 Å². The fraction of sp³-hybridized carbons (Fsp3) is 0.600. The van der Waals surface area contributed by atoms with E-state index in [-0.39, 0.29) is 0 Å². The number of halogens is 2. The highest BCUT2D eigenvalue weighted by atomic mass is 79.9. The first-order valence-corrected chi connectivity index (χ1v) is 6.72. The van der Waals surface area contributed by atoms with Gasteiger partial charge in [0.2, 0.25) is 0 Å². The molecule has 15 heavy (non-hydrogen) atoms. The van der Waals surface area contributed by atoms with Crippen LogP contribution in [0.5, 0.6) is 0 Å². The average Bonchev–Trinajstić information content (AvgIpc) is 2.19. The van der Waals surface area contributed by atoms with Gasteiger partial charge in [0.05, 0.1) is 5.69 Å². The molecule has 0 unspecified atom stereocenters. The van der Waals surface area contributed by atoms with Crippen molar-refractivity contribution < 1.29 is 0 Å². The Morgan fingerprint density at radius 2 is 2.13 bits per heavy atom. The van der Waals surface area contributed by atoms with E-state index >= 15 is 0 Å². The predicted molar refractivity (Wildman–Crippen MR) is 66.7 cm³/mol. The molecule has 0 aromatic carbocycles. The van der Waals surface area contributed by atoms with Gasteiger partial charge >= 0.3 is 0 Å². The van der Waals surface area contributed by atoms with Crippen LogP contribution in [0.3, 0.4) is 0 Å². The fourth-order valence-electron chi connectivity index (χ4n) is 1.91. The molecule has 0 atom stereocenters. The van der Waals surface area contributed by atoms with E-state index in [1.807, 2.05) is 0 Å². The van der Waals surface area contributed by atoms with Gasteiger partial charge in [0.15, 0.2) is 4.73 Å². The van der Waals surface area contributed by atoms with Crippen molar-refractivity contribution in [3.8, 4) is 0 Å². The molecule has 1 aromatic rings. The molecule has 0 aliphatic carbocycles. The minimum absolute atomic E-state index is 0.678. The van der Waals surface area contributed by atoms with E-state index in [2.05, 4.69) is 53.7 Å². The van der Waals surface area contributed by atoms with Gasteiger partial charge in [0.1, 0.15) is 4.60 Å². The summed E-state index contributed by atoms with van der Waals surface area (Å²) in [7, 11) is 0. The summed E-state index contributed by atoms with van der Waals surface area (Å²) in [6.07, 6.45) is 2.22. The number of fused-ring (bicyclic) bond motifs is 1.